The summed E-state index contributed by atoms with van der Waals surface area (Å²) >= 11 is 1.11. The third-order valence-electron chi connectivity index (χ3n) is 1.66. The maximum Gasteiger partial charge on any atom is 0.285 e. The van der Waals surface area contributed by atoms with E-state index in [0.717, 1.165) is 16.3 Å². The van der Waals surface area contributed by atoms with Crippen LogP contribution in [0, 0.1) is 0 Å². The minimum Gasteiger partial charge on any atom is -0.375 e. The monoisotopic (exact) mass is 145 g/mol. The first-order valence-corrected chi connectivity index (χ1v) is 4.40. The largest absolute Gasteiger partial charge is 0.375 e. The molecule has 10 heavy (non-hydrogen) atoms. The molecule has 0 aliphatic carbocycles. The van der Waals surface area contributed by atoms with Crippen molar-refractivity contribution in [2.24, 2.45) is 0 Å². The van der Waals surface area contributed by atoms with Gasteiger partial charge in [-0.1, -0.05) is 28.8 Å². The van der Waals surface area contributed by atoms with Crippen LogP contribution in [0.5, 0.6) is 0 Å². The molecule has 1 nitrogen and oxygen atoms in total. The van der Waals surface area contributed by atoms with Gasteiger partial charge in [-0.3, -0.25) is 0 Å². The molecule has 0 aliphatic rings. The SMILES string of the molecule is [AlH2][c]1cc2ccccc2[nH]1. The molecule has 0 aliphatic heterocycles. The summed E-state index contributed by atoms with van der Waals surface area (Å²) in [6, 6.07) is 10.6. The number of aromatic nitrogens is 1. The summed E-state index contributed by atoms with van der Waals surface area (Å²) in [6.45, 7) is 0. The van der Waals surface area contributed by atoms with Crippen molar-refractivity contribution >= 4 is 31.7 Å². The van der Waals surface area contributed by atoms with Crippen LogP contribution in [0.1, 0.15) is 0 Å². The highest BCUT2D eigenvalue weighted by atomic mass is 27.0. The molecule has 1 aromatic heterocycles. The summed E-state index contributed by atoms with van der Waals surface area (Å²) < 4.78 is 1.36. The second kappa shape index (κ2) is 2.16. The van der Waals surface area contributed by atoms with E-state index in [0.29, 0.717) is 0 Å². The maximum absolute atomic E-state index is 3.32. The zero-order valence-corrected chi connectivity index (χ0v) is 7.89. The average Bonchev–Trinajstić information content (AvgIpc) is 2.27. The number of aromatic amines is 1. The molecule has 2 aromatic rings. The number of benzene rings is 1. The van der Waals surface area contributed by atoms with Gasteiger partial charge in [0.05, 0.1) is 0 Å². The van der Waals surface area contributed by atoms with Gasteiger partial charge in [-0.25, -0.2) is 0 Å². The summed E-state index contributed by atoms with van der Waals surface area (Å²) in [7, 11) is 0. The van der Waals surface area contributed by atoms with Crippen LogP contribution in [0.2, 0.25) is 0 Å². The molecule has 48 valence electrons. The Morgan fingerprint density at radius 1 is 1.20 bits per heavy atom. The standard InChI is InChI=1S/C8H6N.Al.2H/c1-2-4-8-7(3-1)5-6-9-8;;;/h1-5,9H;;;. The Morgan fingerprint density at radius 2 is 2.00 bits per heavy atom. The molecule has 0 spiro atoms. The highest BCUT2D eigenvalue weighted by molar-refractivity contribution is 6.32. The first-order chi connectivity index (χ1) is 4.86. The van der Waals surface area contributed by atoms with Crippen molar-refractivity contribution < 1.29 is 0 Å². The van der Waals surface area contributed by atoms with E-state index in [1.165, 1.54) is 15.5 Å². The molecule has 0 unspecified atom stereocenters. The lowest BCUT2D eigenvalue weighted by Gasteiger charge is -1.83. The molecule has 1 aromatic carbocycles. The fourth-order valence-corrected chi connectivity index (χ4v) is 1.80. The van der Waals surface area contributed by atoms with Gasteiger partial charge >= 0.3 is 0 Å². The van der Waals surface area contributed by atoms with Crippen LogP contribution in [0.4, 0.5) is 0 Å². The molecule has 1 heterocycles. The lowest BCUT2D eigenvalue weighted by atomic mass is 10.3. The number of H-pyrrole nitrogens is 1. The maximum atomic E-state index is 3.32. The fourth-order valence-electron chi connectivity index (χ4n) is 1.22. The van der Waals surface area contributed by atoms with Crippen molar-refractivity contribution in [1.82, 2.24) is 4.98 Å². The second-order valence-electron chi connectivity index (χ2n) is 2.54. The van der Waals surface area contributed by atoms with E-state index in [2.05, 4.69) is 35.3 Å². The van der Waals surface area contributed by atoms with E-state index >= 15 is 0 Å². The zero-order valence-electron chi connectivity index (χ0n) is 5.89. The van der Waals surface area contributed by atoms with E-state index in [-0.39, 0.29) is 0 Å². The van der Waals surface area contributed by atoms with E-state index in [1.54, 1.807) is 0 Å². The lowest BCUT2D eigenvalue weighted by Crippen LogP contribution is -1.99. The Balaban J connectivity index is 2.88. The highest BCUT2D eigenvalue weighted by Crippen LogP contribution is 2.07. The normalized spacial score (nSPS) is 10.4. The molecule has 0 radical (unpaired) electrons. The van der Waals surface area contributed by atoms with Crippen molar-refractivity contribution in [3.63, 3.8) is 0 Å². The molecule has 2 heteroatoms. The van der Waals surface area contributed by atoms with Crippen LogP contribution >= 0.6 is 0 Å². The van der Waals surface area contributed by atoms with Crippen LogP contribution in [0.25, 0.3) is 10.9 Å². The van der Waals surface area contributed by atoms with E-state index in [4.69, 9.17) is 0 Å². The van der Waals surface area contributed by atoms with Crippen LogP contribution < -0.4 is 4.56 Å². The van der Waals surface area contributed by atoms with Gasteiger partial charge in [0.2, 0.25) is 0 Å². The van der Waals surface area contributed by atoms with Gasteiger partial charge in [-0.05, 0) is 11.5 Å². The van der Waals surface area contributed by atoms with Crippen LogP contribution in [0.15, 0.2) is 30.3 Å². The number of rotatable bonds is 0. The molecule has 0 fully saturated rings. The minimum atomic E-state index is 1.11. The molecule has 0 bridgehead atoms. The van der Waals surface area contributed by atoms with Crippen LogP contribution in [-0.2, 0) is 0 Å². The number of para-hydroxylation sites is 1. The van der Waals surface area contributed by atoms with Gasteiger partial charge in [0, 0.05) is 5.52 Å². The summed E-state index contributed by atoms with van der Waals surface area (Å²) in [5.41, 5.74) is 1.26. The Bertz CT molecular complexity index is 318. The summed E-state index contributed by atoms with van der Waals surface area (Å²) in [5, 5.41) is 1.33. The summed E-state index contributed by atoms with van der Waals surface area (Å²) in [6.07, 6.45) is 0. The van der Waals surface area contributed by atoms with Crippen LogP contribution in [-0.4, -0.2) is 21.3 Å². The number of nitrogens with one attached hydrogen (secondary N) is 1. The zero-order chi connectivity index (χ0) is 6.97. The second-order valence-corrected chi connectivity index (χ2v) is 3.62. The quantitative estimate of drug-likeness (QED) is 0.517. The molecular formula is C8H8AlN. The predicted octanol–water partition coefficient (Wildman–Crippen LogP) is 0.426. The summed E-state index contributed by atoms with van der Waals surface area (Å²) in [5.74, 6) is 0. The predicted molar refractivity (Wildman–Crippen MR) is 46.5 cm³/mol. The molecule has 1 N–H and O–H groups in total. The minimum absolute atomic E-state index is 1.11. The van der Waals surface area contributed by atoms with E-state index < -0.39 is 0 Å². The third kappa shape index (κ3) is 0.863. The Morgan fingerprint density at radius 3 is 2.80 bits per heavy atom. The molecule has 0 atom stereocenters. The van der Waals surface area contributed by atoms with Crippen LogP contribution in [0.3, 0.4) is 0 Å². The van der Waals surface area contributed by atoms with Gasteiger partial charge < -0.3 is 4.98 Å². The van der Waals surface area contributed by atoms with Gasteiger partial charge in [0.15, 0.2) is 0 Å². The fraction of sp³-hybridized carbons (Fsp3) is 0. The highest BCUT2D eigenvalue weighted by Gasteiger charge is 1.92. The van der Waals surface area contributed by atoms with Gasteiger partial charge in [0.1, 0.15) is 0 Å². The number of fused-ring (bicyclic) bond motifs is 1. The van der Waals surface area contributed by atoms with Gasteiger partial charge in [0.25, 0.3) is 16.3 Å². The smallest absolute Gasteiger partial charge is 0.285 e. The Hall–Kier alpha value is -0.708. The third-order valence-corrected chi connectivity index (χ3v) is 2.20. The van der Waals surface area contributed by atoms with Crippen molar-refractivity contribution in [3.05, 3.63) is 30.3 Å². The van der Waals surface area contributed by atoms with Crippen molar-refractivity contribution in [2.45, 2.75) is 0 Å². The van der Waals surface area contributed by atoms with E-state index in [9.17, 15) is 0 Å². The topological polar surface area (TPSA) is 15.8 Å². The van der Waals surface area contributed by atoms with Gasteiger partial charge in [-0.15, -0.1) is 0 Å². The van der Waals surface area contributed by atoms with E-state index in [1.807, 2.05) is 0 Å². The summed E-state index contributed by atoms with van der Waals surface area (Å²) in [4.78, 5) is 3.32. The molecular weight excluding hydrogens is 137 g/mol. The number of hydrogen-bond acceptors (Lipinski definition) is 0. The molecule has 0 saturated heterocycles. The van der Waals surface area contributed by atoms with Gasteiger partial charge in [-0.2, -0.15) is 0 Å². The van der Waals surface area contributed by atoms with Crippen molar-refractivity contribution in [3.8, 4) is 0 Å². The average molecular weight is 145 g/mol. The number of hydrogen-bond donors (Lipinski definition) is 1. The van der Waals surface area contributed by atoms with Crippen molar-refractivity contribution in [1.29, 1.82) is 0 Å². The Kier molecular flexibility index (Phi) is 1.30. The van der Waals surface area contributed by atoms with Crippen molar-refractivity contribution in [2.75, 3.05) is 0 Å². The lowest BCUT2D eigenvalue weighted by molar-refractivity contribution is 1.54. The molecule has 0 amide bonds. The molecule has 0 saturated carbocycles. The Labute approximate surface area is 67.5 Å². The molecule has 2 rings (SSSR count). The first-order valence-electron chi connectivity index (χ1n) is 3.40. The first kappa shape index (κ1) is 6.03.